The molecule has 0 aliphatic rings. The third kappa shape index (κ3) is 5.94. The molecule has 9 heteroatoms. The fraction of sp³-hybridized carbons (Fsp3) is 0.0500. The van der Waals surface area contributed by atoms with Gasteiger partial charge in [0.25, 0.3) is 15.9 Å². The van der Waals surface area contributed by atoms with Gasteiger partial charge in [-0.3, -0.25) is 9.52 Å². The number of ether oxygens (including phenoxy) is 1. The summed E-state index contributed by atoms with van der Waals surface area (Å²) in [6, 6.07) is 17.2. The molecular formula is C20H16ClFN2O4S. The van der Waals surface area contributed by atoms with Crippen molar-refractivity contribution in [2.24, 2.45) is 0 Å². The van der Waals surface area contributed by atoms with Crippen molar-refractivity contribution in [1.29, 1.82) is 0 Å². The predicted molar refractivity (Wildman–Crippen MR) is 109 cm³/mol. The zero-order valence-electron chi connectivity index (χ0n) is 14.9. The summed E-state index contributed by atoms with van der Waals surface area (Å²) in [5, 5.41) is 3.05. The normalized spacial score (nSPS) is 11.0. The molecule has 0 bridgehead atoms. The summed E-state index contributed by atoms with van der Waals surface area (Å²) in [6.45, 7) is -0.314. The molecule has 0 radical (unpaired) electrons. The Labute approximate surface area is 172 Å². The van der Waals surface area contributed by atoms with E-state index in [1.807, 2.05) is 0 Å². The summed E-state index contributed by atoms with van der Waals surface area (Å²) in [6.07, 6.45) is 0. The maximum atomic E-state index is 12.9. The van der Waals surface area contributed by atoms with Crippen LogP contribution in [-0.4, -0.2) is 20.9 Å². The van der Waals surface area contributed by atoms with Gasteiger partial charge in [0.2, 0.25) is 0 Å². The number of sulfonamides is 1. The molecule has 150 valence electrons. The highest BCUT2D eigenvalue weighted by Crippen LogP contribution is 2.21. The molecular weight excluding hydrogens is 419 g/mol. The summed E-state index contributed by atoms with van der Waals surface area (Å²) < 4.78 is 45.7. The molecule has 3 aromatic carbocycles. The van der Waals surface area contributed by atoms with Crippen LogP contribution in [-0.2, 0) is 14.8 Å². The molecule has 0 aliphatic carbocycles. The van der Waals surface area contributed by atoms with E-state index in [0.29, 0.717) is 16.5 Å². The average molecular weight is 435 g/mol. The van der Waals surface area contributed by atoms with E-state index in [1.54, 1.807) is 18.2 Å². The molecule has 0 aromatic heterocycles. The second kappa shape index (κ2) is 8.93. The summed E-state index contributed by atoms with van der Waals surface area (Å²) in [5.41, 5.74) is 0.647. The predicted octanol–water partition coefficient (Wildman–Crippen LogP) is 4.30. The van der Waals surface area contributed by atoms with Gasteiger partial charge >= 0.3 is 0 Å². The molecule has 0 fully saturated rings. The Morgan fingerprint density at radius 3 is 2.34 bits per heavy atom. The van der Waals surface area contributed by atoms with Gasteiger partial charge in [-0.2, -0.15) is 0 Å². The number of hydrogen-bond acceptors (Lipinski definition) is 4. The lowest BCUT2D eigenvalue weighted by Crippen LogP contribution is -2.20. The van der Waals surface area contributed by atoms with Gasteiger partial charge in [-0.15, -0.1) is 0 Å². The number of rotatable bonds is 7. The van der Waals surface area contributed by atoms with Crippen molar-refractivity contribution in [1.82, 2.24) is 0 Å². The first kappa shape index (κ1) is 20.6. The molecule has 1 amide bonds. The van der Waals surface area contributed by atoms with Crippen LogP contribution in [0, 0.1) is 5.82 Å². The molecule has 3 aromatic rings. The lowest BCUT2D eigenvalue weighted by molar-refractivity contribution is -0.118. The summed E-state index contributed by atoms with van der Waals surface area (Å²) in [7, 11) is -3.85. The Morgan fingerprint density at radius 2 is 1.66 bits per heavy atom. The van der Waals surface area contributed by atoms with E-state index in [0.717, 1.165) is 0 Å². The van der Waals surface area contributed by atoms with Gasteiger partial charge in [-0.25, -0.2) is 12.8 Å². The number of carbonyl (C=O) groups excluding carboxylic acids is 1. The van der Waals surface area contributed by atoms with E-state index in [2.05, 4.69) is 10.0 Å². The minimum absolute atomic E-state index is 0.0234. The van der Waals surface area contributed by atoms with E-state index in [4.69, 9.17) is 16.3 Å². The van der Waals surface area contributed by atoms with Gasteiger partial charge in [0.05, 0.1) is 4.90 Å². The SMILES string of the molecule is O=C(COc1ccc(F)cc1)Nc1cccc(S(=O)(=O)Nc2ccc(Cl)cc2)c1. The van der Waals surface area contributed by atoms with Crippen molar-refractivity contribution in [3.8, 4) is 5.75 Å². The second-order valence-electron chi connectivity index (χ2n) is 5.93. The van der Waals surface area contributed by atoms with Crippen LogP contribution in [0.3, 0.4) is 0 Å². The third-order valence-electron chi connectivity index (χ3n) is 3.71. The molecule has 0 spiro atoms. The largest absolute Gasteiger partial charge is 0.484 e. The van der Waals surface area contributed by atoms with Crippen molar-refractivity contribution in [3.63, 3.8) is 0 Å². The first-order chi connectivity index (χ1) is 13.8. The molecule has 0 heterocycles. The summed E-state index contributed by atoms with van der Waals surface area (Å²) in [5.74, 6) is -0.563. The zero-order chi connectivity index (χ0) is 20.9. The van der Waals surface area contributed by atoms with Crippen LogP contribution in [0.25, 0.3) is 0 Å². The van der Waals surface area contributed by atoms with Crippen molar-refractivity contribution >= 4 is 38.9 Å². The lowest BCUT2D eigenvalue weighted by atomic mass is 10.3. The van der Waals surface area contributed by atoms with Gasteiger partial charge in [-0.1, -0.05) is 17.7 Å². The first-order valence-electron chi connectivity index (χ1n) is 8.38. The number of nitrogens with one attached hydrogen (secondary N) is 2. The van der Waals surface area contributed by atoms with Crippen LogP contribution in [0.1, 0.15) is 0 Å². The van der Waals surface area contributed by atoms with Gasteiger partial charge in [0.15, 0.2) is 6.61 Å². The number of amides is 1. The van der Waals surface area contributed by atoms with Crippen LogP contribution < -0.4 is 14.8 Å². The van der Waals surface area contributed by atoms with Crippen molar-refractivity contribution < 1.29 is 22.3 Å². The number of carbonyl (C=O) groups is 1. The number of anilines is 2. The van der Waals surface area contributed by atoms with Crippen LogP contribution >= 0.6 is 11.6 Å². The average Bonchev–Trinajstić information content (AvgIpc) is 2.69. The van der Waals surface area contributed by atoms with Gasteiger partial charge in [-0.05, 0) is 66.7 Å². The monoisotopic (exact) mass is 434 g/mol. The molecule has 0 saturated heterocycles. The zero-order valence-corrected chi connectivity index (χ0v) is 16.5. The van der Waals surface area contributed by atoms with Crippen molar-refractivity contribution in [3.05, 3.63) is 83.6 Å². The Balaban J connectivity index is 1.64. The minimum Gasteiger partial charge on any atom is -0.484 e. The molecule has 6 nitrogen and oxygen atoms in total. The van der Waals surface area contributed by atoms with Crippen molar-refractivity contribution in [2.45, 2.75) is 4.90 Å². The molecule has 3 rings (SSSR count). The van der Waals surface area contributed by atoms with E-state index < -0.39 is 21.7 Å². The van der Waals surface area contributed by atoms with E-state index in [9.17, 15) is 17.6 Å². The fourth-order valence-corrected chi connectivity index (χ4v) is 3.58. The Kier molecular flexibility index (Phi) is 6.36. The number of hydrogen-bond donors (Lipinski definition) is 2. The standard InChI is InChI=1S/C20H16ClFN2O4S/c21-14-4-8-16(9-5-14)24-29(26,27)19-3-1-2-17(12-19)23-20(25)13-28-18-10-6-15(22)7-11-18/h1-12,24H,13H2,(H,23,25). The molecule has 0 unspecified atom stereocenters. The molecule has 0 aliphatic heterocycles. The fourth-order valence-electron chi connectivity index (χ4n) is 2.35. The van der Waals surface area contributed by atoms with E-state index >= 15 is 0 Å². The molecule has 0 atom stereocenters. The highest BCUT2D eigenvalue weighted by Gasteiger charge is 2.15. The van der Waals surface area contributed by atoms with Crippen LogP contribution in [0.4, 0.5) is 15.8 Å². The quantitative estimate of drug-likeness (QED) is 0.580. The Morgan fingerprint density at radius 1 is 0.966 bits per heavy atom. The van der Waals surface area contributed by atoms with Crippen LogP contribution in [0.15, 0.2) is 77.7 Å². The number of halogens is 2. The summed E-state index contributed by atoms with van der Waals surface area (Å²) in [4.78, 5) is 12.0. The van der Waals surface area contributed by atoms with E-state index in [1.165, 1.54) is 54.6 Å². The second-order valence-corrected chi connectivity index (χ2v) is 8.05. The first-order valence-corrected chi connectivity index (χ1v) is 10.2. The topological polar surface area (TPSA) is 84.5 Å². The van der Waals surface area contributed by atoms with Gasteiger partial charge < -0.3 is 10.1 Å². The maximum absolute atomic E-state index is 12.9. The van der Waals surface area contributed by atoms with Crippen molar-refractivity contribution in [2.75, 3.05) is 16.6 Å². The van der Waals surface area contributed by atoms with Gasteiger partial charge in [0, 0.05) is 16.4 Å². The van der Waals surface area contributed by atoms with Crippen LogP contribution in [0.2, 0.25) is 5.02 Å². The maximum Gasteiger partial charge on any atom is 0.262 e. The highest BCUT2D eigenvalue weighted by molar-refractivity contribution is 7.92. The van der Waals surface area contributed by atoms with Crippen LogP contribution in [0.5, 0.6) is 5.75 Å². The molecule has 29 heavy (non-hydrogen) atoms. The smallest absolute Gasteiger partial charge is 0.262 e. The lowest BCUT2D eigenvalue weighted by Gasteiger charge is -2.11. The highest BCUT2D eigenvalue weighted by atomic mass is 35.5. The van der Waals surface area contributed by atoms with E-state index in [-0.39, 0.29) is 17.2 Å². The molecule has 2 N–H and O–H groups in total. The minimum atomic E-state index is -3.85. The summed E-state index contributed by atoms with van der Waals surface area (Å²) >= 11 is 5.80. The Hall–Kier alpha value is -3.10. The molecule has 0 saturated carbocycles. The Bertz CT molecular complexity index is 1100. The third-order valence-corrected chi connectivity index (χ3v) is 5.34. The van der Waals surface area contributed by atoms with Gasteiger partial charge in [0.1, 0.15) is 11.6 Å². The number of benzene rings is 3.